The first-order chi connectivity index (χ1) is 19.5. The van der Waals surface area contributed by atoms with Gasteiger partial charge in [-0.05, 0) is 48.1 Å². The quantitative estimate of drug-likeness (QED) is 0.233. The molecule has 0 aliphatic carbocycles. The van der Waals surface area contributed by atoms with Crippen LogP contribution in [0.1, 0.15) is 60.8 Å². The van der Waals surface area contributed by atoms with Crippen LogP contribution >= 0.6 is 0 Å². The Hall–Kier alpha value is -3.52. The minimum Gasteiger partial charge on any atom is -0.508 e. The van der Waals surface area contributed by atoms with Crippen LogP contribution in [0.3, 0.4) is 0 Å². The Morgan fingerprint density at radius 2 is 1.76 bits per heavy atom. The highest BCUT2D eigenvalue weighted by molar-refractivity contribution is 7.89. The van der Waals surface area contributed by atoms with Crippen LogP contribution < -0.4 is 10.5 Å². The van der Waals surface area contributed by atoms with E-state index in [0.29, 0.717) is 55.8 Å². The first-order valence-corrected chi connectivity index (χ1v) is 15.4. The second kappa shape index (κ2) is 13.4. The molecular weight excluding hydrogens is 548 g/mol. The van der Waals surface area contributed by atoms with Crippen molar-refractivity contribution in [2.24, 2.45) is 5.14 Å². The Morgan fingerprint density at radius 1 is 1.05 bits per heavy atom. The molecule has 0 atom stereocenters. The Kier molecular flexibility index (Phi) is 9.97. The Balaban J connectivity index is 1.62. The molecule has 0 bridgehead atoms. The number of morpholine rings is 1. The number of nitrogens with two attached hydrogens (primary N) is 1. The molecular formula is C28H38N6O6S. The second-order valence-electron chi connectivity index (χ2n) is 10.5. The summed E-state index contributed by atoms with van der Waals surface area (Å²) in [6.45, 7) is 8.08. The molecule has 1 aromatic heterocycles. The number of nitrogens with one attached hydrogen (secondary N) is 1. The van der Waals surface area contributed by atoms with Gasteiger partial charge in [-0.3, -0.25) is 14.3 Å². The van der Waals surface area contributed by atoms with Crippen molar-refractivity contribution in [2.75, 3.05) is 38.6 Å². The number of carbonyl (C=O) groups excluding carboxylic acids is 1. The van der Waals surface area contributed by atoms with Crippen LogP contribution in [0.5, 0.6) is 11.5 Å². The molecule has 41 heavy (non-hydrogen) atoms. The summed E-state index contributed by atoms with van der Waals surface area (Å²) in [5.74, 6) is -0.523. The van der Waals surface area contributed by atoms with Gasteiger partial charge in [0.1, 0.15) is 11.5 Å². The van der Waals surface area contributed by atoms with E-state index in [4.69, 9.17) is 9.88 Å². The average Bonchev–Trinajstić information content (AvgIpc) is 3.36. The van der Waals surface area contributed by atoms with E-state index in [1.165, 1.54) is 6.07 Å². The summed E-state index contributed by atoms with van der Waals surface area (Å²) in [6.07, 6.45) is 1.55. The van der Waals surface area contributed by atoms with Crippen LogP contribution in [0, 0.1) is 0 Å². The summed E-state index contributed by atoms with van der Waals surface area (Å²) in [4.78, 5) is 15.6. The first-order valence-electron chi connectivity index (χ1n) is 13.7. The number of hydrogen-bond acceptors (Lipinski definition) is 9. The van der Waals surface area contributed by atoms with E-state index >= 15 is 0 Å². The summed E-state index contributed by atoms with van der Waals surface area (Å²) in [6, 6.07) is 10.7. The van der Waals surface area contributed by atoms with Gasteiger partial charge >= 0.3 is 0 Å². The summed E-state index contributed by atoms with van der Waals surface area (Å²) in [5.41, 5.74) is 2.69. The van der Waals surface area contributed by atoms with Gasteiger partial charge in [-0.2, -0.15) is 0 Å². The lowest BCUT2D eigenvalue weighted by Gasteiger charge is -2.26. The number of primary sulfonamides is 1. The summed E-state index contributed by atoms with van der Waals surface area (Å²) in [5, 5.41) is 37.5. The van der Waals surface area contributed by atoms with Gasteiger partial charge in [0.2, 0.25) is 15.8 Å². The molecule has 2 heterocycles. The van der Waals surface area contributed by atoms with E-state index in [2.05, 4.69) is 20.4 Å². The second-order valence-corrected chi connectivity index (χ2v) is 12.2. The maximum atomic E-state index is 13.2. The number of aromatic hydroxyl groups is 2. The topological polar surface area (TPSA) is 173 Å². The van der Waals surface area contributed by atoms with Crippen molar-refractivity contribution >= 4 is 15.9 Å². The maximum Gasteiger partial charge on any atom is 0.289 e. The van der Waals surface area contributed by atoms with Gasteiger partial charge in [0.15, 0.2) is 5.82 Å². The van der Waals surface area contributed by atoms with Crippen LogP contribution in [0.2, 0.25) is 0 Å². The number of hydrogen-bond donors (Lipinski definition) is 4. The van der Waals surface area contributed by atoms with Gasteiger partial charge in [0.25, 0.3) is 5.91 Å². The van der Waals surface area contributed by atoms with Crippen LogP contribution in [-0.2, 0) is 21.3 Å². The van der Waals surface area contributed by atoms with E-state index in [0.717, 1.165) is 25.2 Å². The van der Waals surface area contributed by atoms with Gasteiger partial charge in [0.05, 0.1) is 24.5 Å². The molecule has 0 unspecified atom stereocenters. The molecule has 3 aromatic rings. The van der Waals surface area contributed by atoms with Crippen molar-refractivity contribution in [3.05, 3.63) is 53.3 Å². The van der Waals surface area contributed by atoms with E-state index in [9.17, 15) is 23.4 Å². The van der Waals surface area contributed by atoms with Crippen molar-refractivity contribution in [3.63, 3.8) is 0 Å². The molecule has 1 saturated heterocycles. The van der Waals surface area contributed by atoms with E-state index in [1.807, 2.05) is 38.1 Å². The van der Waals surface area contributed by atoms with Crippen molar-refractivity contribution in [2.45, 2.75) is 45.6 Å². The Bertz CT molecular complexity index is 1450. The van der Waals surface area contributed by atoms with Gasteiger partial charge in [-0.25, -0.2) is 13.6 Å². The smallest absolute Gasteiger partial charge is 0.289 e. The Morgan fingerprint density at radius 3 is 2.41 bits per heavy atom. The highest BCUT2D eigenvalue weighted by Gasteiger charge is 2.24. The predicted molar refractivity (Wildman–Crippen MR) is 154 cm³/mol. The number of aromatic nitrogens is 3. The van der Waals surface area contributed by atoms with Crippen LogP contribution in [0.15, 0.2) is 36.4 Å². The normalized spacial score (nSPS) is 14.4. The van der Waals surface area contributed by atoms with Crippen molar-refractivity contribution in [3.8, 4) is 28.6 Å². The summed E-state index contributed by atoms with van der Waals surface area (Å²) >= 11 is 0. The lowest BCUT2D eigenvalue weighted by molar-refractivity contribution is 0.0342. The highest BCUT2D eigenvalue weighted by Crippen LogP contribution is 2.38. The lowest BCUT2D eigenvalue weighted by Crippen LogP contribution is -2.35. The van der Waals surface area contributed by atoms with Gasteiger partial charge in [-0.1, -0.05) is 32.4 Å². The molecule has 222 valence electrons. The minimum atomic E-state index is -3.51. The van der Waals surface area contributed by atoms with E-state index < -0.39 is 15.9 Å². The average molecular weight is 587 g/mol. The molecule has 1 amide bonds. The van der Waals surface area contributed by atoms with Crippen molar-refractivity contribution < 1.29 is 28.2 Å². The predicted octanol–water partition coefficient (Wildman–Crippen LogP) is 2.49. The van der Waals surface area contributed by atoms with Crippen LogP contribution in [-0.4, -0.2) is 82.8 Å². The number of ether oxygens (including phenoxy) is 1. The molecule has 5 N–H and O–H groups in total. The van der Waals surface area contributed by atoms with Crippen LogP contribution in [0.25, 0.3) is 17.1 Å². The molecule has 0 spiro atoms. The zero-order valence-corrected chi connectivity index (χ0v) is 24.2. The molecule has 1 aliphatic heterocycles. The molecule has 12 nitrogen and oxygen atoms in total. The van der Waals surface area contributed by atoms with Crippen molar-refractivity contribution in [1.82, 2.24) is 25.0 Å². The maximum absolute atomic E-state index is 13.2. The number of carbonyl (C=O) groups is 1. The zero-order valence-electron chi connectivity index (χ0n) is 23.4. The third kappa shape index (κ3) is 8.03. The number of phenolic OH excluding ortho intramolecular Hbond substituents is 2. The van der Waals surface area contributed by atoms with E-state index in [-0.39, 0.29) is 34.8 Å². The van der Waals surface area contributed by atoms with Gasteiger partial charge in [0, 0.05) is 37.9 Å². The number of rotatable bonds is 12. The summed E-state index contributed by atoms with van der Waals surface area (Å²) < 4.78 is 29.3. The Labute approximate surface area is 240 Å². The highest BCUT2D eigenvalue weighted by atomic mass is 32.2. The number of phenols is 2. The number of sulfonamides is 1. The number of benzene rings is 2. The molecule has 0 saturated carbocycles. The minimum absolute atomic E-state index is 0.0257. The van der Waals surface area contributed by atoms with Crippen LogP contribution in [0.4, 0.5) is 0 Å². The number of unbranched alkanes of at least 4 members (excludes halogenated alkanes) is 2. The molecule has 2 aromatic carbocycles. The fourth-order valence-corrected chi connectivity index (χ4v) is 5.35. The van der Waals surface area contributed by atoms with Crippen molar-refractivity contribution in [1.29, 1.82) is 0 Å². The number of nitrogens with zero attached hydrogens (tertiary/aromatic N) is 4. The monoisotopic (exact) mass is 586 g/mol. The largest absolute Gasteiger partial charge is 0.508 e. The third-order valence-corrected chi connectivity index (χ3v) is 7.83. The zero-order chi connectivity index (χ0) is 29.6. The fraction of sp³-hybridized carbons (Fsp3) is 0.464. The lowest BCUT2D eigenvalue weighted by atomic mass is 9.98. The standard InChI is InChI=1S/C28H38N6O6S/c1-19(2)22-16-23(25(36)17-24(22)35)26-31-32-27(28(37)30-10-4-3-5-15-41(29,38)39)34(26)21-8-6-20(7-9-21)18-33-11-13-40-14-12-33/h6-9,16-17,19,35-36H,3-5,10-15,18H2,1-2H3,(H,30,37)(H2,29,38,39). The van der Waals surface area contributed by atoms with E-state index in [1.54, 1.807) is 10.6 Å². The number of amides is 1. The third-order valence-electron chi connectivity index (χ3n) is 6.97. The summed E-state index contributed by atoms with van der Waals surface area (Å²) in [7, 11) is -3.51. The molecule has 1 aliphatic rings. The molecule has 13 heteroatoms. The molecule has 0 radical (unpaired) electrons. The first kappa shape index (κ1) is 30.4. The van der Waals surface area contributed by atoms with Gasteiger partial charge < -0.3 is 20.3 Å². The fourth-order valence-electron chi connectivity index (χ4n) is 4.74. The molecule has 4 rings (SSSR count). The molecule has 1 fully saturated rings. The SMILES string of the molecule is CC(C)c1cc(-c2nnc(C(=O)NCCCCCS(N)(=O)=O)n2-c2ccc(CN3CCOCC3)cc2)c(O)cc1O. The van der Waals surface area contributed by atoms with Gasteiger partial charge in [-0.15, -0.1) is 10.2 Å².